The van der Waals surface area contributed by atoms with Gasteiger partial charge in [0.2, 0.25) is 5.91 Å². The minimum atomic E-state index is -0.213. The van der Waals surface area contributed by atoms with Gasteiger partial charge in [0.15, 0.2) is 0 Å². The van der Waals surface area contributed by atoms with Crippen molar-refractivity contribution in [2.45, 2.75) is 71.9 Å². The van der Waals surface area contributed by atoms with Gasteiger partial charge in [-0.25, -0.2) is 5.01 Å². The summed E-state index contributed by atoms with van der Waals surface area (Å²) in [5.41, 5.74) is 5.56. The van der Waals surface area contributed by atoms with Crippen molar-refractivity contribution in [3.05, 3.63) is 70.8 Å². The van der Waals surface area contributed by atoms with E-state index in [1.165, 1.54) is 11.1 Å². The Morgan fingerprint density at radius 1 is 1.07 bits per heavy atom. The second kappa shape index (κ2) is 10.0. The molecule has 0 aromatic heterocycles. The number of carbonyl (C=O) groups is 1. The number of hydrogen-bond acceptors (Lipinski definition) is 3. The van der Waals surface area contributed by atoms with Gasteiger partial charge in [0.1, 0.15) is 0 Å². The van der Waals surface area contributed by atoms with Crippen LogP contribution in [0.3, 0.4) is 0 Å². The summed E-state index contributed by atoms with van der Waals surface area (Å²) in [5, 5.41) is 6.63. The molecule has 0 saturated carbocycles. The highest BCUT2D eigenvalue weighted by Crippen LogP contribution is 2.36. The van der Waals surface area contributed by atoms with Crippen LogP contribution in [-0.2, 0) is 16.1 Å². The summed E-state index contributed by atoms with van der Waals surface area (Å²) in [5.74, 6) is 0.0985. The van der Waals surface area contributed by atoms with E-state index < -0.39 is 0 Å². The molecule has 2 aromatic rings. The van der Waals surface area contributed by atoms with Crippen molar-refractivity contribution in [3.63, 3.8) is 0 Å². The zero-order valence-electron chi connectivity index (χ0n) is 18.8. The van der Waals surface area contributed by atoms with Crippen molar-refractivity contribution in [3.8, 4) is 0 Å². The number of nitrogens with zero attached hydrogens (tertiary/aromatic N) is 2. The Bertz CT molecular complexity index is 865. The third-order valence-electron chi connectivity index (χ3n) is 6.06. The predicted molar refractivity (Wildman–Crippen MR) is 123 cm³/mol. The molecule has 4 nitrogen and oxygen atoms in total. The van der Waals surface area contributed by atoms with E-state index in [1.54, 1.807) is 5.01 Å². The van der Waals surface area contributed by atoms with Crippen molar-refractivity contribution < 1.29 is 9.53 Å². The zero-order chi connectivity index (χ0) is 21.6. The maximum atomic E-state index is 13.1. The van der Waals surface area contributed by atoms with E-state index in [0.717, 1.165) is 36.1 Å². The van der Waals surface area contributed by atoms with Crippen molar-refractivity contribution >= 4 is 11.6 Å². The fraction of sp³-hybridized carbons (Fsp3) is 0.462. The molecule has 30 heavy (non-hydrogen) atoms. The van der Waals surface area contributed by atoms with Crippen LogP contribution in [0.1, 0.15) is 68.2 Å². The van der Waals surface area contributed by atoms with Gasteiger partial charge >= 0.3 is 0 Å². The maximum absolute atomic E-state index is 13.1. The van der Waals surface area contributed by atoms with Crippen LogP contribution in [0.2, 0.25) is 0 Å². The molecular weight excluding hydrogens is 372 g/mol. The highest BCUT2D eigenvalue weighted by atomic mass is 16.5. The van der Waals surface area contributed by atoms with Crippen LogP contribution < -0.4 is 0 Å². The van der Waals surface area contributed by atoms with E-state index in [-0.39, 0.29) is 11.4 Å². The summed E-state index contributed by atoms with van der Waals surface area (Å²) in [6.45, 7) is 9.70. The number of hydrogen-bond donors (Lipinski definition) is 0. The molecule has 1 aliphatic heterocycles. The molecule has 0 spiro atoms. The van der Waals surface area contributed by atoms with E-state index in [1.807, 2.05) is 18.2 Å². The molecule has 0 fully saturated rings. The van der Waals surface area contributed by atoms with E-state index in [2.05, 4.69) is 58.0 Å². The van der Waals surface area contributed by atoms with Crippen LogP contribution in [0.5, 0.6) is 0 Å². The summed E-state index contributed by atoms with van der Waals surface area (Å²) < 4.78 is 5.75. The van der Waals surface area contributed by atoms with Crippen LogP contribution >= 0.6 is 0 Å². The van der Waals surface area contributed by atoms with Gasteiger partial charge in [-0.2, -0.15) is 5.10 Å². The first-order chi connectivity index (χ1) is 14.5. The van der Waals surface area contributed by atoms with Crippen LogP contribution in [0.4, 0.5) is 0 Å². The summed E-state index contributed by atoms with van der Waals surface area (Å²) in [6.07, 6.45) is 3.79. The number of aryl methyl sites for hydroxylation is 2. The molecule has 0 radical (unpaired) electrons. The normalized spacial score (nSPS) is 15.3. The fourth-order valence-corrected chi connectivity index (χ4v) is 4.27. The van der Waals surface area contributed by atoms with Gasteiger partial charge in [-0.1, -0.05) is 73.5 Å². The van der Waals surface area contributed by atoms with Crippen LogP contribution in [-0.4, -0.2) is 28.8 Å². The lowest BCUT2D eigenvalue weighted by atomic mass is 9.85. The van der Waals surface area contributed by atoms with Crippen LogP contribution in [0, 0.1) is 13.8 Å². The molecule has 0 bridgehead atoms. The molecule has 1 aliphatic rings. The predicted octanol–water partition coefficient (Wildman–Crippen LogP) is 5.80. The minimum absolute atomic E-state index is 0.0985. The molecule has 1 heterocycles. The SMILES string of the molecule is CCC1(CC)CC(c2cc(C)cc(C)c2)=NN1C(=O)CCCOCc1ccccc1. The quantitative estimate of drug-likeness (QED) is 0.494. The Morgan fingerprint density at radius 2 is 1.73 bits per heavy atom. The van der Waals surface area contributed by atoms with Crippen molar-refractivity contribution in [1.82, 2.24) is 5.01 Å². The van der Waals surface area contributed by atoms with E-state index in [0.29, 0.717) is 26.1 Å². The summed E-state index contributed by atoms with van der Waals surface area (Å²) in [4.78, 5) is 13.1. The number of rotatable bonds is 9. The number of carbonyl (C=O) groups excluding carboxylic acids is 1. The molecule has 160 valence electrons. The molecular formula is C26H34N2O2. The fourth-order valence-electron chi connectivity index (χ4n) is 4.27. The highest BCUT2D eigenvalue weighted by molar-refractivity contribution is 6.04. The van der Waals surface area contributed by atoms with Gasteiger partial charge in [-0.3, -0.25) is 4.79 Å². The molecule has 0 saturated heterocycles. The molecule has 0 atom stereocenters. The average molecular weight is 407 g/mol. The first-order valence-corrected chi connectivity index (χ1v) is 11.1. The molecule has 0 unspecified atom stereocenters. The summed E-state index contributed by atoms with van der Waals surface area (Å²) >= 11 is 0. The first kappa shape index (κ1) is 22.2. The third-order valence-corrected chi connectivity index (χ3v) is 6.06. The lowest BCUT2D eigenvalue weighted by molar-refractivity contribution is -0.137. The van der Waals surface area contributed by atoms with Gasteiger partial charge in [0.25, 0.3) is 0 Å². The smallest absolute Gasteiger partial charge is 0.243 e. The number of hydrazone groups is 1. The van der Waals surface area contributed by atoms with Crippen LogP contribution in [0.15, 0.2) is 53.6 Å². The first-order valence-electron chi connectivity index (χ1n) is 11.1. The van der Waals surface area contributed by atoms with E-state index in [4.69, 9.17) is 9.84 Å². The Morgan fingerprint density at radius 3 is 2.37 bits per heavy atom. The molecule has 3 rings (SSSR count). The molecule has 0 aliphatic carbocycles. The summed E-state index contributed by atoms with van der Waals surface area (Å²) in [6, 6.07) is 16.6. The maximum Gasteiger partial charge on any atom is 0.243 e. The van der Waals surface area contributed by atoms with Gasteiger partial charge in [-0.15, -0.1) is 0 Å². The van der Waals surface area contributed by atoms with Gasteiger partial charge in [-0.05, 0) is 44.2 Å². The van der Waals surface area contributed by atoms with Gasteiger partial charge in [0.05, 0.1) is 17.9 Å². The Balaban J connectivity index is 1.63. The Hall–Kier alpha value is -2.46. The molecule has 1 amide bonds. The van der Waals surface area contributed by atoms with E-state index >= 15 is 0 Å². The Kier molecular flexibility index (Phi) is 7.43. The number of amides is 1. The van der Waals surface area contributed by atoms with Crippen molar-refractivity contribution in [2.24, 2.45) is 5.10 Å². The zero-order valence-corrected chi connectivity index (χ0v) is 18.8. The molecule has 4 heteroatoms. The van der Waals surface area contributed by atoms with Crippen LogP contribution in [0.25, 0.3) is 0 Å². The van der Waals surface area contributed by atoms with Crippen molar-refractivity contribution in [2.75, 3.05) is 6.61 Å². The Labute approximate surface area is 180 Å². The lowest BCUT2D eigenvalue weighted by Gasteiger charge is -2.34. The minimum Gasteiger partial charge on any atom is -0.377 e. The van der Waals surface area contributed by atoms with Gasteiger partial charge < -0.3 is 4.74 Å². The third kappa shape index (κ3) is 5.17. The largest absolute Gasteiger partial charge is 0.377 e. The second-order valence-electron chi connectivity index (χ2n) is 8.38. The molecule has 2 aromatic carbocycles. The monoisotopic (exact) mass is 406 g/mol. The van der Waals surface area contributed by atoms with E-state index in [9.17, 15) is 4.79 Å². The number of ether oxygens (including phenoxy) is 1. The average Bonchev–Trinajstić information content (AvgIpc) is 3.14. The standard InChI is InChI=1S/C26H34N2O2/c1-5-26(6-2)18-24(23-16-20(3)15-21(4)17-23)27-28(26)25(29)13-10-14-30-19-22-11-8-7-9-12-22/h7-9,11-12,15-17H,5-6,10,13-14,18-19H2,1-4H3. The highest BCUT2D eigenvalue weighted by Gasteiger charge is 2.43. The summed E-state index contributed by atoms with van der Waals surface area (Å²) in [7, 11) is 0. The lowest BCUT2D eigenvalue weighted by Crippen LogP contribution is -2.45. The second-order valence-corrected chi connectivity index (χ2v) is 8.38. The number of benzene rings is 2. The molecule has 0 N–H and O–H groups in total. The topological polar surface area (TPSA) is 41.9 Å². The van der Waals surface area contributed by atoms with Gasteiger partial charge in [0, 0.05) is 19.4 Å². The van der Waals surface area contributed by atoms with Crippen molar-refractivity contribution in [1.29, 1.82) is 0 Å².